The van der Waals surface area contributed by atoms with Gasteiger partial charge in [0, 0.05) is 36.1 Å². The Morgan fingerprint density at radius 3 is 2.58 bits per heavy atom. The monoisotopic (exact) mass is 287 g/mol. The van der Waals surface area contributed by atoms with Crippen molar-refractivity contribution in [1.82, 2.24) is 0 Å². The van der Waals surface area contributed by atoms with Crippen LogP contribution in [-0.2, 0) is 14.2 Å². The molecule has 19 heavy (non-hydrogen) atoms. The minimum Gasteiger partial charge on any atom is -0.385 e. The van der Waals surface area contributed by atoms with Crippen LogP contribution in [0.4, 0.5) is 0 Å². The highest BCUT2D eigenvalue weighted by Gasteiger charge is 2.18. The molecule has 0 amide bonds. The average Bonchev–Trinajstić information content (AvgIpc) is 2.78. The summed E-state index contributed by atoms with van der Waals surface area (Å²) in [5.74, 6) is 0. The van der Waals surface area contributed by atoms with E-state index in [1.165, 1.54) is 9.75 Å². The summed E-state index contributed by atoms with van der Waals surface area (Å²) in [4.78, 5) is 2.46. The van der Waals surface area contributed by atoms with E-state index in [1.807, 2.05) is 6.92 Å². The maximum Gasteiger partial charge on any atom is 0.106 e. The lowest BCUT2D eigenvalue weighted by atomic mass is 10.1. The molecule has 0 aliphatic carbocycles. The average molecular weight is 287 g/mol. The van der Waals surface area contributed by atoms with Gasteiger partial charge in [0.05, 0.1) is 13.2 Å². The molecule has 0 bridgehead atoms. The predicted molar refractivity (Wildman–Crippen MR) is 78.7 cm³/mol. The van der Waals surface area contributed by atoms with Gasteiger partial charge in [-0.1, -0.05) is 0 Å². The summed E-state index contributed by atoms with van der Waals surface area (Å²) >= 11 is 1.74. The van der Waals surface area contributed by atoms with Crippen LogP contribution in [0.15, 0.2) is 12.1 Å². The molecular formula is C14H25NO3S. The zero-order valence-corrected chi connectivity index (χ0v) is 12.9. The smallest absolute Gasteiger partial charge is 0.106 e. The quantitative estimate of drug-likeness (QED) is 0.672. The molecule has 1 aromatic rings. The number of rotatable bonds is 10. The molecule has 1 heterocycles. The minimum atomic E-state index is -0.0405. The van der Waals surface area contributed by atoms with E-state index < -0.39 is 0 Å². The number of nitrogens with two attached hydrogens (primary N) is 1. The van der Waals surface area contributed by atoms with Crippen LogP contribution >= 0.6 is 11.3 Å². The number of aryl methyl sites for hydroxylation is 1. The first-order valence-corrected chi connectivity index (χ1v) is 7.47. The summed E-state index contributed by atoms with van der Waals surface area (Å²) in [7, 11) is 1.69. The summed E-state index contributed by atoms with van der Waals surface area (Å²) in [6.07, 6.45) is 0.874. The second-order valence-corrected chi connectivity index (χ2v) is 5.88. The Bertz CT molecular complexity index is 341. The molecule has 0 aliphatic heterocycles. The Morgan fingerprint density at radius 2 is 2.00 bits per heavy atom. The van der Waals surface area contributed by atoms with Crippen molar-refractivity contribution in [2.75, 3.05) is 33.5 Å². The van der Waals surface area contributed by atoms with Crippen molar-refractivity contribution in [2.24, 2.45) is 5.73 Å². The Kier molecular flexibility index (Phi) is 8.25. The van der Waals surface area contributed by atoms with E-state index >= 15 is 0 Å². The largest absolute Gasteiger partial charge is 0.385 e. The molecule has 4 nitrogen and oxygen atoms in total. The van der Waals surface area contributed by atoms with Crippen molar-refractivity contribution in [3.8, 4) is 0 Å². The van der Waals surface area contributed by atoms with Gasteiger partial charge in [-0.2, -0.15) is 0 Å². The summed E-state index contributed by atoms with van der Waals surface area (Å²) in [5.41, 5.74) is 5.98. The van der Waals surface area contributed by atoms with Crippen LogP contribution in [0.3, 0.4) is 0 Å². The molecule has 110 valence electrons. The molecule has 0 fully saturated rings. The van der Waals surface area contributed by atoms with Gasteiger partial charge in [0.1, 0.15) is 6.10 Å². The molecule has 0 aromatic carbocycles. The fourth-order valence-corrected chi connectivity index (χ4v) is 2.78. The zero-order valence-electron chi connectivity index (χ0n) is 12.1. The molecule has 2 unspecified atom stereocenters. The van der Waals surface area contributed by atoms with E-state index in [9.17, 15) is 0 Å². The second kappa shape index (κ2) is 9.44. The lowest BCUT2D eigenvalue weighted by Gasteiger charge is -2.20. The summed E-state index contributed by atoms with van der Waals surface area (Å²) < 4.78 is 16.3. The van der Waals surface area contributed by atoms with Gasteiger partial charge in [-0.15, -0.1) is 11.3 Å². The Labute approximate surface area is 119 Å². The summed E-state index contributed by atoms with van der Waals surface area (Å²) in [5, 5.41) is 0. The van der Waals surface area contributed by atoms with E-state index in [2.05, 4.69) is 19.1 Å². The molecule has 2 atom stereocenters. The summed E-state index contributed by atoms with van der Waals surface area (Å²) in [6.45, 7) is 6.66. The first kappa shape index (κ1) is 16.6. The minimum absolute atomic E-state index is 0.0217. The third kappa shape index (κ3) is 6.49. The van der Waals surface area contributed by atoms with Crippen LogP contribution in [-0.4, -0.2) is 39.6 Å². The van der Waals surface area contributed by atoms with Gasteiger partial charge in [0.25, 0.3) is 0 Å². The maximum absolute atomic E-state index is 5.98. The van der Waals surface area contributed by atoms with Crippen molar-refractivity contribution in [2.45, 2.75) is 32.4 Å². The summed E-state index contributed by atoms with van der Waals surface area (Å²) in [6, 6.07) is 4.17. The number of ether oxygens (including phenoxy) is 3. The lowest BCUT2D eigenvalue weighted by Crippen LogP contribution is -2.27. The third-order valence-corrected chi connectivity index (χ3v) is 3.74. The first-order chi connectivity index (χ1) is 9.15. The van der Waals surface area contributed by atoms with Gasteiger partial charge < -0.3 is 19.9 Å². The maximum atomic E-state index is 5.98. The van der Waals surface area contributed by atoms with E-state index in [0.717, 1.165) is 13.0 Å². The zero-order chi connectivity index (χ0) is 14.1. The topological polar surface area (TPSA) is 53.7 Å². The van der Waals surface area contributed by atoms with E-state index in [0.29, 0.717) is 19.8 Å². The Morgan fingerprint density at radius 1 is 1.21 bits per heavy atom. The number of thiophene rings is 1. The number of methoxy groups -OCH3 is 1. The molecule has 0 saturated carbocycles. The molecule has 0 aliphatic rings. The predicted octanol–water partition coefficient (Wildman–Crippen LogP) is 2.51. The van der Waals surface area contributed by atoms with Crippen LogP contribution in [0, 0.1) is 6.92 Å². The second-order valence-electron chi connectivity index (χ2n) is 4.56. The lowest BCUT2D eigenvalue weighted by molar-refractivity contribution is -0.00617. The van der Waals surface area contributed by atoms with E-state index in [-0.39, 0.29) is 12.1 Å². The van der Waals surface area contributed by atoms with E-state index in [1.54, 1.807) is 18.4 Å². The van der Waals surface area contributed by atoms with Crippen molar-refractivity contribution in [3.05, 3.63) is 21.9 Å². The van der Waals surface area contributed by atoms with Crippen LogP contribution < -0.4 is 5.73 Å². The Hall–Kier alpha value is -0.460. The van der Waals surface area contributed by atoms with Crippen LogP contribution in [0.2, 0.25) is 0 Å². The van der Waals surface area contributed by atoms with Crippen LogP contribution in [0.1, 0.15) is 29.2 Å². The molecule has 0 saturated heterocycles. The molecule has 1 rings (SSSR count). The molecule has 1 aromatic heterocycles. The standard InChI is InChI=1S/C14H25NO3S/c1-11-5-6-13(19-11)14(12(2)15)18-10-9-17-8-4-7-16-3/h5-6,12,14H,4,7-10,15H2,1-3H3. The van der Waals surface area contributed by atoms with Crippen molar-refractivity contribution in [1.29, 1.82) is 0 Å². The fraction of sp³-hybridized carbons (Fsp3) is 0.714. The van der Waals surface area contributed by atoms with Crippen LogP contribution in [0.5, 0.6) is 0 Å². The van der Waals surface area contributed by atoms with Gasteiger partial charge in [0.2, 0.25) is 0 Å². The molecule has 2 N–H and O–H groups in total. The van der Waals surface area contributed by atoms with Gasteiger partial charge in [-0.25, -0.2) is 0 Å². The molecular weight excluding hydrogens is 262 g/mol. The highest BCUT2D eigenvalue weighted by atomic mass is 32.1. The SMILES string of the molecule is COCCCOCCOC(c1ccc(C)s1)C(C)N. The Balaban J connectivity index is 2.24. The number of hydrogen-bond acceptors (Lipinski definition) is 5. The number of hydrogen-bond donors (Lipinski definition) is 1. The van der Waals surface area contributed by atoms with Crippen LogP contribution in [0.25, 0.3) is 0 Å². The highest BCUT2D eigenvalue weighted by molar-refractivity contribution is 7.12. The van der Waals surface area contributed by atoms with Gasteiger partial charge in [0.15, 0.2) is 0 Å². The van der Waals surface area contributed by atoms with E-state index in [4.69, 9.17) is 19.9 Å². The van der Waals surface area contributed by atoms with Gasteiger partial charge in [-0.3, -0.25) is 0 Å². The van der Waals surface area contributed by atoms with Crippen molar-refractivity contribution < 1.29 is 14.2 Å². The van der Waals surface area contributed by atoms with Gasteiger partial charge >= 0.3 is 0 Å². The third-order valence-electron chi connectivity index (χ3n) is 2.68. The molecule has 0 radical (unpaired) electrons. The van der Waals surface area contributed by atoms with Gasteiger partial charge in [-0.05, 0) is 32.4 Å². The van der Waals surface area contributed by atoms with Crippen molar-refractivity contribution in [3.63, 3.8) is 0 Å². The fourth-order valence-electron chi connectivity index (χ4n) is 1.74. The van der Waals surface area contributed by atoms with Crippen molar-refractivity contribution >= 4 is 11.3 Å². The molecule has 0 spiro atoms. The first-order valence-electron chi connectivity index (χ1n) is 6.65. The normalized spacial score (nSPS) is 14.5. The highest BCUT2D eigenvalue weighted by Crippen LogP contribution is 2.27. The molecule has 5 heteroatoms.